The van der Waals surface area contributed by atoms with Crippen molar-refractivity contribution in [3.05, 3.63) is 71.8 Å². The van der Waals surface area contributed by atoms with E-state index in [9.17, 15) is 0 Å². The number of rotatable bonds is 3. The van der Waals surface area contributed by atoms with Crippen LogP contribution < -0.4 is 14.2 Å². The van der Waals surface area contributed by atoms with Gasteiger partial charge in [0, 0.05) is 23.6 Å². The molecular formula is C21H18O3. The molecule has 1 aliphatic heterocycles. The normalized spacial score (nSPS) is 11.9. The topological polar surface area (TPSA) is 27.7 Å². The summed E-state index contributed by atoms with van der Waals surface area (Å²) in [5, 5.41) is 0. The SMILES string of the molecule is COc1ccc(-c2cccc3c2Cc2ccccc2O3)c(OC)c1. The Morgan fingerprint density at radius 1 is 0.792 bits per heavy atom. The van der Waals surface area contributed by atoms with Crippen LogP contribution in [0.2, 0.25) is 0 Å². The Balaban J connectivity index is 1.85. The summed E-state index contributed by atoms with van der Waals surface area (Å²) >= 11 is 0. The quantitative estimate of drug-likeness (QED) is 0.528. The van der Waals surface area contributed by atoms with Crippen LogP contribution in [0.4, 0.5) is 0 Å². The van der Waals surface area contributed by atoms with Gasteiger partial charge in [-0.15, -0.1) is 0 Å². The van der Waals surface area contributed by atoms with Crippen LogP contribution in [0, 0.1) is 0 Å². The fourth-order valence-electron chi connectivity index (χ4n) is 3.18. The van der Waals surface area contributed by atoms with Gasteiger partial charge in [0.15, 0.2) is 0 Å². The highest BCUT2D eigenvalue weighted by atomic mass is 16.5. The number of hydrogen-bond acceptors (Lipinski definition) is 3. The lowest BCUT2D eigenvalue weighted by molar-refractivity contribution is 0.395. The van der Waals surface area contributed by atoms with Crippen molar-refractivity contribution in [1.29, 1.82) is 0 Å². The van der Waals surface area contributed by atoms with E-state index in [1.54, 1.807) is 14.2 Å². The van der Waals surface area contributed by atoms with Crippen LogP contribution in [-0.4, -0.2) is 14.2 Å². The fraction of sp³-hybridized carbons (Fsp3) is 0.143. The fourth-order valence-corrected chi connectivity index (χ4v) is 3.18. The largest absolute Gasteiger partial charge is 0.497 e. The maximum Gasteiger partial charge on any atom is 0.131 e. The van der Waals surface area contributed by atoms with Crippen LogP contribution in [0.3, 0.4) is 0 Å². The van der Waals surface area contributed by atoms with Crippen LogP contribution in [0.15, 0.2) is 60.7 Å². The first kappa shape index (κ1) is 14.6. The van der Waals surface area contributed by atoms with Gasteiger partial charge in [0.2, 0.25) is 0 Å². The number of hydrogen-bond donors (Lipinski definition) is 0. The highest BCUT2D eigenvalue weighted by molar-refractivity contribution is 5.77. The van der Waals surface area contributed by atoms with Gasteiger partial charge in [0.1, 0.15) is 23.0 Å². The Kier molecular flexibility index (Phi) is 3.62. The monoisotopic (exact) mass is 318 g/mol. The van der Waals surface area contributed by atoms with Gasteiger partial charge in [-0.25, -0.2) is 0 Å². The van der Waals surface area contributed by atoms with Gasteiger partial charge in [-0.1, -0.05) is 30.3 Å². The summed E-state index contributed by atoms with van der Waals surface area (Å²) in [6.45, 7) is 0. The minimum Gasteiger partial charge on any atom is -0.497 e. The van der Waals surface area contributed by atoms with Crippen molar-refractivity contribution in [2.24, 2.45) is 0 Å². The summed E-state index contributed by atoms with van der Waals surface area (Å²) in [5.74, 6) is 3.41. The van der Waals surface area contributed by atoms with Gasteiger partial charge in [0.05, 0.1) is 14.2 Å². The van der Waals surface area contributed by atoms with Gasteiger partial charge in [-0.05, 0) is 35.4 Å². The van der Waals surface area contributed by atoms with E-state index in [-0.39, 0.29) is 0 Å². The van der Waals surface area contributed by atoms with Crippen LogP contribution in [-0.2, 0) is 6.42 Å². The van der Waals surface area contributed by atoms with Crippen molar-refractivity contribution < 1.29 is 14.2 Å². The Morgan fingerprint density at radius 3 is 2.46 bits per heavy atom. The maximum absolute atomic E-state index is 6.09. The lowest BCUT2D eigenvalue weighted by Crippen LogP contribution is -2.04. The molecule has 1 aliphatic rings. The van der Waals surface area contributed by atoms with E-state index in [1.807, 2.05) is 48.5 Å². The first-order chi connectivity index (χ1) is 11.8. The molecule has 0 unspecified atom stereocenters. The van der Waals surface area contributed by atoms with Crippen molar-refractivity contribution in [1.82, 2.24) is 0 Å². The Morgan fingerprint density at radius 2 is 1.62 bits per heavy atom. The summed E-state index contributed by atoms with van der Waals surface area (Å²) in [6.07, 6.45) is 0.844. The van der Waals surface area contributed by atoms with Crippen LogP contribution in [0.5, 0.6) is 23.0 Å². The lowest BCUT2D eigenvalue weighted by atomic mass is 9.91. The molecular weight excluding hydrogens is 300 g/mol. The predicted molar refractivity (Wildman–Crippen MR) is 94.3 cm³/mol. The van der Waals surface area contributed by atoms with Gasteiger partial charge < -0.3 is 14.2 Å². The molecule has 0 bridgehead atoms. The standard InChI is InChI=1S/C21H18O3/c1-22-15-10-11-17(21(13-15)23-2)16-7-5-9-20-18(16)12-14-6-3-4-8-19(14)24-20/h3-11,13H,12H2,1-2H3. The van der Waals surface area contributed by atoms with E-state index in [0.717, 1.165) is 40.5 Å². The number of methoxy groups -OCH3 is 2. The van der Waals surface area contributed by atoms with Gasteiger partial charge in [-0.3, -0.25) is 0 Å². The molecule has 0 aromatic heterocycles. The first-order valence-corrected chi connectivity index (χ1v) is 7.90. The van der Waals surface area contributed by atoms with Crippen molar-refractivity contribution in [2.75, 3.05) is 14.2 Å². The van der Waals surface area contributed by atoms with Gasteiger partial charge in [0.25, 0.3) is 0 Å². The third-order valence-corrected chi connectivity index (χ3v) is 4.39. The summed E-state index contributed by atoms with van der Waals surface area (Å²) in [5.41, 5.74) is 4.55. The Bertz CT molecular complexity index is 899. The number of para-hydroxylation sites is 1. The molecule has 0 aliphatic carbocycles. The second-order valence-corrected chi connectivity index (χ2v) is 5.74. The maximum atomic E-state index is 6.09. The molecule has 0 atom stereocenters. The number of fused-ring (bicyclic) bond motifs is 2. The summed E-state index contributed by atoms with van der Waals surface area (Å²) in [4.78, 5) is 0. The summed E-state index contributed by atoms with van der Waals surface area (Å²) < 4.78 is 17.0. The lowest BCUT2D eigenvalue weighted by Gasteiger charge is -2.23. The molecule has 0 spiro atoms. The number of benzene rings is 3. The summed E-state index contributed by atoms with van der Waals surface area (Å²) in [6, 6.07) is 20.2. The predicted octanol–water partition coefficient (Wildman–Crippen LogP) is 5.07. The van der Waals surface area contributed by atoms with Gasteiger partial charge >= 0.3 is 0 Å². The molecule has 3 aromatic carbocycles. The van der Waals surface area contributed by atoms with Crippen molar-refractivity contribution in [3.63, 3.8) is 0 Å². The molecule has 0 N–H and O–H groups in total. The molecule has 0 saturated heterocycles. The molecule has 0 radical (unpaired) electrons. The highest BCUT2D eigenvalue weighted by Crippen LogP contribution is 2.43. The third-order valence-electron chi connectivity index (χ3n) is 4.39. The first-order valence-electron chi connectivity index (χ1n) is 7.90. The molecule has 3 heteroatoms. The molecule has 120 valence electrons. The van der Waals surface area contributed by atoms with E-state index >= 15 is 0 Å². The molecule has 24 heavy (non-hydrogen) atoms. The van der Waals surface area contributed by atoms with E-state index < -0.39 is 0 Å². The number of ether oxygens (including phenoxy) is 3. The van der Waals surface area contributed by atoms with E-state index in [1.165, 1.54) is 11.1 Å². The summed E-state index contributed by atoms with van der Waals surface area (Å²) in [7, 11) is 3.34. The molecule has 1 heterocycles. The minimum atomic E-state index is 0.780. The van der Waals surface area contributed by atoms with Crippen molar-refractivity contribution in [2.45, 2.75) is 6.42 Å². The average molecular weight is 318 g/mol. The second kappa shape index (κ2) is 5.93. The molecule has 3 aromatic rings. The zero-order valence-electron chi connectivity index (χ0n) is 13.7. The smallest absolute Gasteiger partial charge is 0.131 e. The molecule has 0 fully saturated rings. The van der Waals surface area contributed by atoms with Crippen LogP contribution in [0.1, 0.15) is 11.1 Å². The third kappa shape index (κ3) is 2.38. The van der Waals surface area contributed by atoms with Gasteiger partial charge in [-0.2, -0.15) is 0 Å². The zero-order valence-corrected chi connectivity index (χ0v) is 13.7. The molecule has 3 nitrogen and oxygen atoms in total. The molecule has 0 saturated carbocycles. The molecule has 4 rings (SSSR count). The minimum absolute atomic E-state index is 0.780. The highest BCUT2D eigenvalue weighted by Gasteiger charge is 2.21. The van der Waals surface area contributed by atoms with Crippen molar-refractivity contribution in [3.8, 4) is 34.1 Å². The Labute approximate surface area is 141 Å². The Hall–Kier alpha value is -2.94. The second-order valence-electron chi connectivity index (χ2n) is 5.74. The van der Waals surface area contributed by atoms with Crippen LogP contribution in [0.25, 0.3) is 11.1 Å². The van der Waals surface area contributed by atoms with E-state index in [4.69, 9.17) is 14.2 Å². The van der Waals surface area contributed by atoms with Crippen LogP contribution >= 0.6 is 0 Å². The molecule has 0 amide bonds. The average Bonchev–Trinajstić information content (AvgIpc) is 2.65. The van der Waals surface area contributed by atoms with E-state index in [2.05, 4.69) is 12.1 Å². The zero-order chi connectivity index (χ0) is 16.5. The van der Waals surface area contributed by atoms with E-state index in [0.29, 0.717) is 0 Å². The van der Waals surface area contributed by atoms with Crippen molar-refractivity contribution >= 4 is 0 Å².